The Morgan fingerprint density at radius 2 is 1.65 bits per heavy atom. The predicted molar refractivity (Wildman–Crippen MR) is 93.3 cm³/mol. The molecule has 1 fully saturated rings. The van der Waals surface area contributed by atoms with Gasteiger partial charge in [0.15, 0.2) is 10.8 Å². The van der Waals surface area contributed by atoms with Gasteiger partial charge in [-0.2, -0.15) is 0 Å². The highest BCUT2D eigenvalue weighted by Crippen LogP contribution is 2.26. The largest absolute Gasteiger partial charge is 0.353 e. The summed E-state index contributed by atoms with van der Waals surface area (Å²) in [4.78, 5) is 23.8. The van der Waals surface area contributed by atoms with E-state index in [2.05, 4.69) is 43.6 Å². The Balaban J connectivity index is 1.50. The van der Waals surface area contributed by atoms with E-state index in [1.807, 2.05) is 12.1 Å². The van der Waals surface area contributed by atoms with Crippen molar-refractivity contribution in [1.29, 1.82) is 0 Å². The van der Waals surface area contributed by atoms with E-state index in [0.717, 1.165) is 48.3 Å². The Morgan fingerprint density at radius 3 is 2.39 bits per heavy atom. The lowest BCUT2D eigenvalue weighted by atomic mass is 10.3. The van der Waals surface area contributed by atoms with Gasteiger partial charge in [-0.25, -0.2) is 15.0 Å². The molecule has 0 atom stereocenters. The smallest absolute Gasteiger partial charge is 0.185 e. The standard InChI is InChI=1S/C16H18N6S/c1-11-12(2)23-16(19-11)22-9-7-21(8-10-22)14-4-3-13-15(20-14)18-6-5-17-13/h3-6H,7-10H2,1-2H3. The lowest BCUT2D eigenvalue weighted by Crippen LogP contribution is -2.46. The number of fused-ring (bicyclic) bond motifs is 1. The van der Waals surface area contributed by atoms with Crippen LogP contribution in [0, 0.1) is 13.8 Å². The summed E-state index contributed by atoms with van der Waals surface area (Å²) < 4.78 is 0. The molecule has 3 aromatic heterocycles. The Bertz CT molecular complexity index is 818. The van der Waals surface area contributed by atoms with Gasteiger partial charge in [0.1, 0.15) is 11.3 Å². The highest BCUT2D eigenvalue weighted by molar-refractivity contribution is 7.15. The second kappa shape index (κ2) is 5.73. The molecule has 0 aliphatic carbocycles. The lowest BCUT2D eigenvalue weighted by molar-refractivity contribution is 0.646. The number of thiazole rings is 1. The van der Waals surface area contributed by atoms with Crippen LogP contribution in [0.5, 0.6) is 0 Å². The fourth-order valence-corrected chi connectivity index (χ4v) is 3.70. The average molecular weight is 326 g/mol. The molecule has 1 aliphatic heterocycles. The summed E-state index contributed by atoms with van der Waals surface area (Å²) in [5.41, 5.74) is 2.68. The number of anilines is 2. The zero-order valence-electron chi connectivity index (χ0n) is 13.2. The monoisotopic (exact) mass is 326 g/mol. The van der Waals surface area contributed by atoms with E-state index in [1.165, 1.54) is 4.88 Å². The van der Waals surface area contributed by atoms with Crippen molar-refractivity contribution >= 4 is 33.5 Å². The second-order valence-corrected chi connectivity index (χ2v) is 6.86. The van der Waals surface area contributed by atoms with Gasteiger partial charge in [-0.1, -0.05) is 0 Å². The average Bonchev–Trinajstić information content (AvgIpc) is 2.94. The van der Waals surface area contributed by atoms with Gasteiger partial charge in [-0.15, -0.1) is 11.3 Å². The molecule has 4 rings (SSSR count). The van der Waals surface area contributed by atoms with E-state index in [-0.39, 0.29) is 0 Å². The molecular weight excluding hydrogens is 308 g/mol. The van der Waals surface area contributed by atoms with E-state index in [1.54, 1.807) is 23.7 Å². The minimum atomic E-state index is 0.707. The van der Waals surface area contributed by atoms with Gasteiger partial charge in [-0.05, 0) is 26.0 Å². The first-order valence-corrected chi connectivity index (χ1v) is 8.54. The van der Waals surface area contributed by atoms with Crippen molar-refractivity contribution in [3.63, 3.8) is 0 Å². The third-order valence-electron chi connectivity index (χ3n) is 4.21. The number of aryl methyl sites for hydroxylation is 2. The summed E-state index contributed by atoms with van der Waals surface area (Å²) >= 11 is 1.78. The van der Waals surface area contributed by atoms with Crippen molar-refractivity contribution in [2.75, 3.05) is 36.0 Å². The molecule has 118 valence electrons. The maximum atomic E-state index is 4.66. The quantitative estimate of drug-likeness (QED) is 0.721. The fraction of sp³-hybridized carbons (Fsp3) is 0.375. The minimum Gasteiger partial charge on any atom is -0.353 e. The molecule has 1 saturated heterocycles. The first kappa shape index (κ1) is 14.3. The highest BCUT2D eigenvalue weighted by Gasteiger charge is 2.21. The molecule has 3 aromatic rings. The third-order valence-corrected chi connectivity index (χ3v) is 5.34. The SMILES string of the molecule is Cc1nc(N2CCN(c3ccc4nccnc4n3)CC2)sc1C. The molecular formula is C16H18N6S. The fourth-order valence-electron chi connectivity index (χ4n) is 2.74. The third kappa shape index (κ3) is 2.72. The molecule has 6 nitrogen and oxygen atoms in total. The van der Waals surface area contributed by atoms with Crippen LogP contribution >= 0.6 is 11.3 Å². The van der Waals surface area contributed by atoms with Crippen molar-refractivity contribution in [3.8, 4) is 0 Å². The molecule has 4 heterocycles. The van der Waals surface area contributed by atoms with Crippen LogP contribution in [0.1, 0.15) is 10.6 Å². The topological polar surface area (TPSA) is 58.0 Å². The Labute approximate surface area is 138 Å². The molecule has 0 unspecified atom stereocenters. The Hall–Kier alpha value is -2.28. The maximum absolute atomic E-state index is 4.66. The van der Waals surface area contributed by atoms with E-state index in [4.69, 9.17) is 0 Å². The molecule has 0 aromatic carbocycles. The predicted octanol–water partition coefficient (Wildman–Crippen LogP) is 2.42. The van der Waals surface area contributed by atoms with E-state index in [0.29, 0.717) is 5.65 Å². The number of nitrogens with zero attached hydrogens (tertiary/aromatic N) is 6. The van der Waals surface area contributed by atoms with Crippen LogP contribution in [0.15, 0.2) is 24.5 Å². The van der Waals surface area contributed by atoms with Crippen LogP contribution in [0.3, 0.4) is 0 Å². The van der Waals surface area contributed by atoms with Crippen molar-refractivity contribution in [2.24, 2.45) is 0 Å². The summed E-state index contributed by atoms with van der Waals surface area (Å²) in [6, 6.07) is 4.02. The second-order valence-electron chi connectivity index (χ2n) is 5.68. The summed E-state index contributed by atoms with van der Waals surface area (Å²) in [7, 11) is 0. The molecule has 7 heteroatoms. The van der Waals surface area contributed by atoms with Gasteiger partial charge in [0.05, 0.1) is 5.69 Å². The van der Waals surface area contributed by atoms with Crippen molar-refractivity contribution < 1.29 is 0 Å². The van der Waals surface area contributed by atoms with Gasteiger partial charge in [0.2, 0.25) is 0 Å². The van der Waals surface area contributed by atoms with E-state index >= 15 is 0 Å². The summed E-state index contributed by atoms with van der Waals surface area (Å²) in [5.74, 6) is 0.976. The van der Waals surface area contributed by atoms with E-state index < -0.39 is 0 Å². The van der Waals surface area contributed by atoms with E-state index in [9.17, 15) is 0 Å². The van der Waals surface area contributed by atoms with Crippen molar-refractivity contribution in [1.82, 2.24) is 19.9 Å². The van der Waals surface area contributed by atoms with Crippen LogP contribution in [-0.4, -0.2) is 46.1 Å². The van der Waals surface area contributed by atoms with Crippen LogP contribution in [0.4, 0.5) is 10.9 Å². The first-order valence-electron chi connectivity index (χ1n) is 7.72. The maximum Gasteiger partial charge on any atom is 0.185 e. The molecule has 0 radical (unpaired) electrons. The van der Waals surface area contributed by atoms with Crippen LogP contribution in [0.2, 0.25) is 0 Å². The van der Waals surface area contributed by atoms with Gasteiger partial charge in [-0.3, -0.25) is 4.98 Å². The van der Waals surface area contributed by atoms with Gasteiger partial charge < -0.3 is 9.80 Å². The Kier molecular flexibility index (Phi) is 3.57. The number of pyridine rings is 1. The van der Waals surface area contributed by atoms with Crippen LogP contribution in [-0.2, 0) is 0 Å². The lowest BCUT2D eigenvalue weighted by Gasteiger charge is -2.35. The van der Waals surface area contributed by atoms with Gasteiger partial charge >= 0.3 is 0 Å². The minimum absolute atomic E-state index is 0.707. The zero-order chi connectivity index (χ0) is 15.8. The summed E-state index contributed by atoms with van der Waals surface area (Å²) in [6.45, 7) is 8.02. The normalized spacial score (nSPS) is 15.4. The first-order chi connectivity index (χ1) is 11.2. The highest BCUT2D eigenvalue weighted by atomic mass is 32.1. The molecule has 0 N–H and O–H groups in total. The molecule has 0 saturated carbocycles. The van der Waals surface area contributed by atoms with Crippen molar-refractivity contribution in [2.45, 2.75) is 13.8 Å². The number of rotatable bonds is 2. The molecule has 0 bridgehead atoms. The number of hydrogen-bond donors (Lipinski definition) is 0. The molecule has 0 spiro atoms. The van der Waals surface area contributed by atoms with Gasteiger partial charge in [0, 0.05) is 43.4 Å². The van der Waals surface area contributed by atoms with Crippen molar-refractivity contribution in [3.05, 3.63) is 35.1 Å². The zero-order valence-corrected chi connectivity index (χ0v) is 14.0. The summed E-state index contributed by atoms with van der Waals surface area (Å²) in [5, 5.41) is 1.14. The number of hydrogen-bond acceptors (Lipinski definition) is 7. The molecule has 0 amide bonds. The molecule has 1 aliphatic rings. The van der Waals surface area contributed by atoms with Gasteiger partial charge in [0.25, 0.3) is 0 Å². The van der Waals surface area contributed by atoms with Crippen LogP contribution in [0.25, 0.3) is 11.2 Å². The number of aromatic nitrogens is 4. The summed E-state index contributed by atoms with van der Waals surface area (Å²) in [6.07, 6.45) is 3.38. The molecule has 23 heavy (non-hydrogen) atoms. The number of piperazine rings is 1. The van der Waals surface area contributed by atoms with Crippen LogP contribution < -0.4 is 9.80 Å². The Morgan fingerprint density at radius 1 is 0.913 bits per heavy atom.